The second-order valence-electron chi connectivity index (χ2n) is 7.37. The first-order valence-electron chi connectivity index (χ1n) is 9.95. The molecule has 1 heterocycles. The molecule has 0 spiro atoms. The molecule has 1 saturated heterocycles. The van der Waals surface area contributed by atoms with Gasteiger partial charge in [0.05, 0.1) is 0 Å². The number of carbonyl (C=O) groups is 1. The Morgan fingerprint density at radius 2 is 1.74 bits per heavy atom. The fourth-order valence-corrected chi connectivity index (χ4v) is 4.24. The molecule has 2 aromatic carbocycles. The minimum absolute atomic E-state index is 0.0485. The lowest BCUT2D eigenvalue weighted by Gasteiger charge is -2.42. The number of anilines is 1. The molecule has 0 aromatic heterocycles. The first-order chi connectivity index (χ1) is 13.1. The Morgan fingerprint density at radius 3 is 2.33 bits per heavy atom. The number of nitrogens with one attached hydrogen (secondary N) is 1. The van der Waals surface area contributed by atoms with Gasteiger partial charge in [-0.15, -0.1) is 0 Å². The Balaban J connectivity index is 2.03. The van der Waals surface area contributed by atoms with Gasteiger partial charge in [0, 0.05) is 24.1 Å². The maximum absolute atomic E-state index is 13.5. The number of piperidine rings is 1. The molecule has 1 fully saturated rings. The summed E-state index contributed by atoms with van der Waals surface area (Å²) in [6.07, 6.45) is 2.51. The predicted molar refractivity (Wildman–Crippen MR) is 108 cm³/mol. The number of nitrogens with zero attached hydrogens (tertiary/aromatic N) is 1. The third-order valence-electron chi connectivity index (χ3n) is 5.68. The standard InChI is InChI=1S/C23H29FN2O/c1-3-22(27)26(21-11-9-20(24)10-12-21)23(19-13-15-25-16-14-19)17(2)18-7-5-4-6-8-18/h4-12,17,19,23,25H,3,13-16H2,1-2H3. The largest absolute Gasteiger partial charge is 0.317 e. The van der Waals surface area contributed by atoms with Crippen molar-refractivity contribution in [2.45, 2.75) is 45.1 Å². The van der Waals surface area contributed by atoms with Crippen LogP contribution in [-0.4, -0.2) is 25.0 Å². The van der Waals surface area contributed by atoms with Gasteiger partial charge in [0.25, 0.3) is 0 Å². The molecular formula is C23H29FN2O. The fourth-order valence-electron chi connectivity index (χ4n) is 4.24. The van der Waals surface area contributed by atoms with E-state index < -0.39 is 0 Å². The summed E-state index contributed by atoms with van der Waals surface area (Å²) in [5.74, 6) is 0.405. The van der Waals surface area contributed by atoms with Crippen LogP contribution in [0.2, 0.25) is 0 Å². The summed E-state index contributed by atoms with van der Waals surface area (Å²) in [4.78, 5) is 15.0. The normalized spacial score (nSPS) is 17.3. The van der Waals surface area contributed by atoms with Gasteiger partial charge in [-0.1, -0.05) is 44.2 Å². The van der Waals surface area contributed by atoms with E-state index in [2.05, 4.69) is 36.5 Å². The topological polar surface area (TPSA) is 32.3 Å². The highest BCUT2D eigenvalue weighted by atomic mass is 19.1. The number of halogens is 1. The van der Waals surface area contributed by atoms with Gasteiger partial charge in [0.1, 0.15) is 5.82 Å². The molecule has 144 valence electrons. The molecule has 0 aliphatic carbocycles. The van der Waals surface area contributed by atoms with Crippen LogP contribution in [-0.2, 0) is 4.79 Å². The molecule has 2 unspecified atom stereocenters. The van der Waals surface area contributed by atoms with Crippen molar-refractivity contribution in [3.8, 4) is 0 Å². The first-order valence-corrected chi connectivity index (χ1v) is 9.95. The number of hydrogen-bond donors (Lipinski definition) is 1. The summed E-state index contributed by atoms with van der Waals surface area (Å²) in [7, 11) is 0. The molecule has 0 saturated carbocycles. The zero-order valence-corrected chi connectivity index (χ0v) is 16.2. The van der Waals surface area contributed by atoms with E-state index in [9.17, 15) is 9.18 Å². The van der Waals surface area contributed by atoms with Gasteiger partial charge in [0.2, 0.25) is 5.91 Å². The van der Waals surface area contributed by atoms with E-state index in [1.807, 2.05) is 17.9 Å². The summed E-state index contributed by atoms with van der Waals surface area (Å²) >= 11 is 0. The van der Waals surface area contributed by atoms with Crippen molar-refractivity contribution in [3.63, 3.8) is 0 Å². The summed E-state index contributed by atoms with van der Waals surface area (Å²) in [6, 6.07) is 16.8. The molecule has 0 bridgehead atoms. The van der Waals surface area contributed by atoms with E-state index in [1.165, 1.54) is 17.7 Å². The highest BCUT2D eigenvalue weighted by Gasteiger charge is 2.36. The molecular weight excluding hydrogens is 339 g/mol. The van der Waals surface area contributed by atoms with E-state index in [1.54, 1.807) is 12.1 Å². The van der Waals surface area contributed by atoms with Crippen LogP contribution in [0.1, 0.15) is 44.6 Å². The van der Waals surface area contributed by atoms with Crippen molar-refractivity contribution in [2.24, 2.45) is 5.92 Å². The highest BCUT2D eigenvalue weighted by Crippen LogP contribution is 2.36. The molecule has 4 heteroatoms. The predicted octanol–water partition coefficient (Wildman–Crippen LogP) is 4.74. The van der Waals surface area contributed by atoms with Crippen molar-refractivity contribution in [1.82, 2.24) is 5.32 Å². The quantitative estimate of drug-likeness (QED) is 0.799. The lowest BCUT2D eigenvalue weighted by molar-refractivity contribution is -0.119. The maximum atomic E-state index is 13.5. The molecule has 2 aromatic rings. The lowest BCUT2D eigenvalue weighted by Crippen LogP contribution is -2.50. The summed E-state index contributed by atoms with van der Waals surface area (Å²) in [5, 5.41) is 3.42. The van der Waals surface area contributed by atoms with Crippen molar-refractivity contribution in [1.29, 1.82) is 0 Å². The van der Waals surface area contributed by atoms with Gasteiger partial charge in [-0.25, -0.2) is 4.39 Å². The van der Waals surface area contributed by atoms with Crippen molar-refractivity contribution in [3.05, 3.63) is 66.0 Å². The average Bonchev–Trinajstić information content (AvgIpc) is 2.73. The molecule has 1 amide bonds. The number of rotatable bonds is 6. The van der Waals surface area contributed by atoms with Crippen LogP contribution < -0.4 is 10.2 Å². The minimum Gasteiger partial charge on any atom is -0.317 e. The lowest BCUT2D eigenvalue weighted by atomic mass is 9.79. The van der Waals surface area contributed by atoms with Crippen LogP contribution in [0.5, 0.6) is 0 Å². The van der Waals surface area contributed by atoms with Gasteiger partial charge < -0.3 is 10.2 Å². The van der Waals surface area contributed by atoms with E-state index in [0.717, 1.165) is 31.6 Å². The van der Waals surface area contributed by atoms with E-state index in [-0.39, 0.29) is 23.7 Å². The van der Waals surface area contributed by atoms with Crippen molar-refractivity contribution >= 4 is 11.6 Å². The second-order valence-corrected chi connectivity index (χ2v) is 7.37. The molecule has 3 rings (SSSR count). The third kappa shape index (κ3) is 4.56. The van der Waals surface area contributed by atoms with E-state index >= 15 is 0 Å². The highest BCUT2D eigenvalue weighted by molar-refractivity contribution is 5.94. The van der Waals surface area contributed by atoms with Crippen LogP contribution >= 0.6 is 0 Å². The molecule has 0 radical (unpaired) electrons. The van der Waals surface area contributed by atoms with Crippen LogP contribution in [0.15, 0.2) is 54.6 Å². The van der Waals surface area contributed by atoms with Gasteiger partial charge in [-0.3, -0.25) is 4.79 Å². The zero-order valence-electron chi connectivity index (χ0n) is 16.2. The average molecular weight is 368 g/mol. The minimum atomic E-state index is -0.280. The third-order valence-corrected chi connectivity index (χ3v) is 5.68. The van der Waals surface area contributed by atoms with Crippen LogP contribution in [0.3, 0.4) is 0 Å². The molecule has 1 aliphatic heterocycles. The molecule has 27 heavy (non-hydrogen) atoms. The number of hydrogen-bond acceptors (Lipinski definition) is 2. The molecule has 3 nitrogen and oxygen atoms in total. The Hall–Kier alpha value is -2.20. The van der Waals surface area contributed by atoms with E-state index in [4.69, 9.17) is 0 Å². The van der Waals surface area contributed by atoms with Crippen LogP contribution in [0, 0.1) is 11.7 Å². The van der Waals surface area contributed by atoms with Crippen molar-refractivity contribution < 1.29 is 9.18 Å². The van der Waals surface area contributed by atoms with Gasteiger partial charge in [0.15, 0.2) is 0 Å². The van der Waals surface area contributed by atoms with Crippen molar-refractivity contribution in [2.75, 3.05) is 18.0 Å². The number of carbonyl (C=O) groups excluding carboxylic acids is 1. The van der Waals surface area contributed by atoms with Crippen LogP contribution in [0.4, 0.5) is 10.1 Å². The maximum Gasteiger partial charge on any atom is 0.226 e. The smallest absolute Gasteiger partial charge is 0.226 e. The zero-order chi connectivity index (χ0) is 19.2. The van der Waals surface area contributed by atoms with Gasteiger partial charge >= 0.3 is 0 Å². The first kappa shape index (κ1) is 19.6. The Labute approximate surface area is 161 Å². The Kier molecular flexibility index (Phi) is 6.62. The number of benzene rings is 2. The van der Waals surface area contributed by atoms with Gasteiger partial charge in [-0.05, 0) is 61.7 Å². The Morgan fingerprint density at radius 1 is 1.11 bits per heavy atom. The summed E-state index contributed by atoms with van der Waals surface area (Å²) in [6.45, 7) is 6.05. The van der Waals surface area contributed by atoms with Gasteiger partial charge in [-0.2, -0.15) is 0 Å². The molecule has 2 atom stereocenters. The summed E-state index contributed by atoms with van der Waals surface area (Å²) in [5.41, 5.74) is 2.02. The monoisotopic (exact) mass is 368 g/mol. The second kappa shape index (κ2) is 9.14. The molecule has 1 N–H and O–H groups in total. The summed E-state index contributed by atoms with van der Waals surface area (Å²) < 4.78 is 13.5. The Bertz CT molecular complexity index is 726. The molecule has 1 aliphatic rings. The SMILES string of the molecule is CCC(=O)N(c1ccc(F)cc1)C(C1CCNCC1)C(C)c1ccccc1. The van der Waals surface area contributed by atoms with Crippen LogP contribution in [0.25, 0.3) is 0 Å². The number of amides is 1. The van der Waals surface area contributed by atoms with E-state index in [0.29, 0.717) is 12.3 Å². The fraction of sp³-hybridized carbons (Fsp3) is 0.435.